The third-order valence-electron chi connectivity index (χ3n) is 6.03. The first-order valence-corrected chi connectivity index (χ1v) is 13.1. The summed E-state index contributed by atoms with van der Waals surface area (Å²) >= 11 is 3.57. The molecule has 0 aliphatic carbocycles. The van der Waals surface area contributed by atoms with E-state index >= 15 is 0 Å². The number of hydrogen-bond donors (Lipinski definition) is 1. The first-order chi connectivity index (χ1) is 17.3. The number of aryl methyl sites for hydroxylation is 3. The van der Waals surface area contributed by atoms with E-state index in [-0.39, 0.29) is 18.4 Å². The number of hydrogen-bond acceptors (Lipinski definition) is 3. The van der Waals surface area contributed by atoms with Gasteiger partial charge in [-0.15, -0.1) is 0 Å². The van der Waals surface area contributed by atoms with E-state index in [1.165, 1.54) is 0 Å². The molecule has 3 aromatic rings. The fraction of sp³-hybridized carbons (Fsp3) is 0.333. The van der Waals surface area contributed by atoms with Crippen molar-refractivity contribution in [1.29, 1.82) is 0 Å². The fourth-order valence-corrected chi connectivity index (χ4v) is 4.37. The van der Waals surface area contributed by atoms with Crippen LogP contribution < -0.4 is 10.1 Å². The highest BCUT2D eigenvalue weighted by atomic mass is 79.9. The van der Waals surface area contributed by atoms with Crippen molar-refractivity contribution in [3.8, 4) is 5.75 Å². The summed E-state index contributed by atoms with van der Waals surface area (Å²) in [4.78, 5) is 28.7. The van der Waals surface area contributed by atoms with Crippen LogP contribution in [0.15, 0.2) is 71.2 Å². The van der Waals surface area contributed by atoms with Crippen LogP contribution in [0.25, 0.3) is 0 Å². The molecule has 0 heterocycles. The fourth-order valence-electron chi connectivity index (χ4n) is 4.14. The average molecular weight is 552 g/mol. The van der Waals surface area contributed by atoms with Gasteiger partial charge in [-0.05, 0) is 61.6 Å². The van der Waals surface area contributed by atoms with Gasteiger partial charge in [0.25, 0.3) is 5.91 Å². The number of nitrogens with one attached hydrogen (secondary N) is 1. The SMILES string of the molecule is CCCNC(=O)C(Cc1ccccc1)N(Cc1cccc(C)c1)C(=O)COc1cc(C)c(Br)c(C)c1. The van der Waals surface area contributed by atoms with Crippen molar-refractivity contribution in [2.24, 2.45) is 0 Å². The van der Waals surface area contributed by atoms with Crippen LogP contribution in [0, 0.1) is 20.8 Å². The van der Waals surface area contributed by atoms with Gasteiger partial charge in [0.2, 0.25) is 5.91 Å². The number of ether oxygens (including phenoxy) is 1. The summed E-state index contributed by atoms with van der Waals surface area (Å²) in [6.07, 6.45) is 1.24. The van der Waals surface area contributed by atoms with Gasteiger partial charge in [-0.25, -0.2) is 0 Å². The molecule has 0 aliphatic rings. The van der Waals surface area contributed by atoms with E-state index in [0.29, 0.717) is 25.3 Å². The van der Waals surface area contributed by atoms with E-state index in [0.717, 1.165) is 38.7 Å². The smallest absolute Gasteiger partial charge is 0.261 e. The van der Waals surface area contributed by atoms with Crippen molar-refractivity contribution in [3.05, 3.63) is 99.0 Å². The van der Waals surface area contributed by atoms with E-state index in [4.69, 9.17) is 4.74 Å². The molecule has 3 aromatic carbocycles. The molecule has 0 radical (unpaired) electrons. The Hall–Kier alpha value is -3.12. The van der Waals surface area contributed by atoms with Crippen molar-refractivity contribution in [2.75, 3.05) is 13.2 Å². The lowest BCUT2D eigenvalue weighted by Gasteiger charge is -2.31. The van der Waals surface area contributed by atoms with Crippen LogP contribution in [0.3, 0.4) is 0 Å². The number of amides is 2. The molecule has 0 saturated heterocycles. The van der Waals surface area contributed by atoms with Crippen molar-refractivity contribution in [2.45, 2.75) is 53.1 Å². The molecule has 0 spiro atoms. The molecule has 190 valence electrons. The van der Waals surface area contributed by atoms with E-state index in [1.54, 1.807) is 4.90 Å². The Morgan fingerprint density at radius 1 is 0.944 bits per heavy atom. The van der Waals surface area contributed by atoms with Gasteiger partial charge in [-0.1, -0.05) is 83.0 Å². The summed E-state index contributed by atoms with van der Waals surface area (Å²) in [5, 5.41) is 3.00. The maximum atomic E-state index is 13.7. The van der Waals surface area contributed by atoms with Crippen molar-refractivity contribution < 1.29 is 14.3 Å². The molecule has 0 aromatic heterocycles. The van der Waals surface area contributed by atoms with Crippen molar-refractivity contribution in [3.63, 3.8) is 0 Å². The lowest BCUT2D eigenvalue weighted by molar-refractivity contribution is -0.142. The standard InChI is InChI=1S/C30H35BrN2O3/c1-5-14-32-30(35)27(18-24-11-7-6-8-12-24)33(19-25-13-9-10-21(2)15-25)28(34)20-36-26-16-22(3)29(31)23(4)17-26/h6-13,15-17,27H,5,14,18-20H2,1-4H3,(H,32,35). The van der Waals surface area contributed by atoms with Gasteiger partial charge in [-0.3, -0.25) is 9.59 Å². The molecule has 0 saturated carbocycles. The molecular formula is C30H35BrN2O3. The minimum atomic E-state index is -0.663. The zero-order valence-electron chi connectivity index (χ0n) is 21.5. The quantitative estimate of drug-likeness (QED) is 0.322. The van der Waals surface area contributed by atoms with Gasteiger partial charge >= 0.3 is 0 Å². The van der Waals surface area contributed by atoms with Crippen LogP contribution in [0.4, 0.5) is 0 Å². The second-order valence-electron chi connectivity index (χ2n) is 9.17. The molecule has 1 N–H and O–H groups in total. The number of benzene rings is 3. The maximum Gasteiger partial charge on any atom is 0.261 e. The Morgan fingerprint density at radius 3 is 2.25 bits per heavy atom. The first-order valence-electron chi connectivity index (χ1n) is 12.3. The van der Waals surface area contributed by atoms with Crippen molar-refractivity contribution >= 4 is 27.7 Å². The van der Waals surface area contributed by atoms with Crippen LogP contribution >= 0.6 is 15.9 Å². The highest BCUT2D eigenvalue weighted by molar-refractivity contribution is 9.10. The molecule has 6 heteroatoms. The Kier molecular flexibility index (Phi) is 10.1. The molecule has 0 bridgehead atoms. The summed E-state index contributed by atoms with van der Waals surface area (Å²) < 4.78 is 6.97. The largest absolute Gasteiger partial charge is 0.484 e. The normalized spacial score (nSPS) is 11.6. The number of carbonyl (C=O) groups is 2. The highest BCUT2D eigenvalue weighted by Crippen LogP contribution is 2.26. The zero-order valence-corrected chi connectivity index (χ0v) is 23.1. The first kappa shape index (κ1) is 27.5. The molecule has 3 rings (SSSR count). The second-order valence-corrected chi connectivity index (χ2v) is 9.96. The highest BCUT2D eigenvalue weighted by Gasteiger charge is 2.30. The van der Waals surface area contributed by atoms with Gasteiger partial charge in [0.05, 0.1) is 0 Å². The third-order valence-corrected chi connectivity index (χ3v) is 7.28. The van der Waals surface area contributed by atoms with E-state index in [2.05, 4.69) is 21.2 Å². The lowest BCUT2D eigenvalue weighted by atomic mass is 10.0. The zero-order chi connectivity index (χ0) is 26.1. The predicted octanol–water partition coefficient (Wildman–Crippen LogP) is 5.92. The predicted molar refractivity (Wildman–Crippen MR) is 148 cm³/mol. The molecule has 0 aliphatic heterocycles. The number of halogens is 1. The minimum Gasteiger partial charge on any atom is -0.484 e. The summed E-state index contributed by atoms with van der Waals surface area (Å²) in [5.74, 6) is 0.242. The molecule has 1 unspecified atom stereocenters. The topological polar surface area (TPSA) is 58.6 Å². The Labute approximate surface area is 223 Å². The Bertz CT molecular complexity index is 1160. The summed E-state index contributed by atoms with van der Waals surface area (Å²) in [5.41, 5.74) is 5.15. The summed E-state index contributed by atoms with van der Waals surface area (Å²) in [6, 6.07) is 21.0. The van der Waals surface area contributed by atoms with Crippen LogP contribution in [0.1, 0.15) is 41.2 Å². The second kappa shape index (κ2) is 13.3. The molecule has 36 heavy (non-hydrogen) atoms. The summed E-state index contributed by atoms with van der Waals surface area (Å²) in [6.45, 7) is 8.74. The van der Waals surface area contributed by atoms with Crippen LogP contribution in [0.5, 0.6) is 5.75 Å². The Balaban J connectivity index is 1.91. The van der Waals surface area contributed by atoms with Gasteiger partial charge in [0, 0.05) is 24.0 Å². The molecule has 5 nitrogen and oxygen atoms in total. The lowest BCUT2D eigenvalue weighted by Crippen LogP contribution is -2.51. The van der Waals surface area contributed by atoms with Crippen LogP contribution in [0.2, 0.25) is 0 Å². The minimum absolute atomic E-state index is 0.154. The number of nitrogens with zero attached hydrogens (tertiary/aromatic N) is 1. The number of carbonyl (C=O) groups excluding carboxylic acids is 2. The monoisotopic (exact) mass is 550 g/mol. The maximum absolute atomic E-state index is 13.7. The van der Waals surface area contributed by atoms with Crippen molar-refractivity contribution in [1.82, 2.24) is 10.2 Å². The van der Waals surface area contributed by atoms with E-state index in [9.17, 15) is 9.59 Å². The van der Waals surface area contributed by atoms with Gasteiger partial charge < -0.3 is 15.0 Å². The Morgan fingerprint density at radius 2 is 1.61 bits per heavy atom. The van der Waals surface area contributed by atoms with E-state index < -0.39 is 6.04 Å². The van der Waals surface area contributed by atoms with Gasteiger partial charge in [0.15, 0.2) is 6.61 Å². The van der Waals surface area contributed by atoms with E-state index in [1.807, 2.05) is 94.4 Å². The van der Waals surface area contributed by atoms with Gasteiger partial charge in [-0.2, -0.15) is 0 Å². The average Bonchev–Trinajstić information content (AvgIpc) is 2.87. The molecule has 0 fully saturated rings. The molecule has 1 atom stereocenters. The number of rotatable bonds is 11. The van der Waals surface area contributed by atoms with Gasteiger partial charge in [0.1, 0.15) is 11.8 Å². The molecular weight excluding hydrogens is 516 g/mol. The van der Waals surface area contributed by atoms with Crippen LogP contribution in [-0.4, -0.2) is 35.9 Å². The van der Waals surface area contributed by atoms with Crippen LogP contribution in [-0.2, 0) is 22.6 Å². The summed E-state index contributed by atoms with van der Waals surface area (Å²) in [7, 11) is 0. The molecule has 2 amide bonds. The third kappa shape index (κ3) is 7.69.